The van der Waals surface area contributed by atoms with Crippen LogP contribution in [0.1, 0.15) is 17.7 Å². The van der Waals surface area contributed by atoms with Crippen LogP contribution in [0.15, 0.2) is 18.2 Å². The second-order valence-electron chi connectivity index (χ2n) is 6.15. The van der Waals surface area contributed by atoms with Crippen LogP contribution in [0, 0.1) is 5.92 Å². The number of amides is 1. The summed E-state index contributed by atoms with van der Waals surface area (Å²) in [5.41, 5.74) is 3.66. The van der Waals surface area contributed by atoms with E-state index in [2.05, 4.69) is 4.98 Å². The number of morpholine rings is 1. The molecule has 4 nitrogen and oxygen atoms in total. The van der Waals surface area contributed by atoms with Crippen molar-refractivity contribution in [3.05, 3.63) is 34.5 Å². The van der Waals surface area contributed by atoms with E-state index in [0.717, 1.165) is 42.9 Å². The summed E-state index contributed by atoms with van der Waals surface area (Å²) in [6.45, 7) is 2.77. The predicted molar refractivity (Wildman–Crippen MR) is 86.2 cm³/mol. The summed E-state index contributed by atoms with van der Waals surface area (Å²) in [5.74, 6) is 0.369. The molecule has 0 bridgehead atoms. The highest BCUT2D eigenvalue weighted by molar-refractivity contribution is 6.31. The lowest BCUT2D eigenvalue weighted by Gasteiger charge is -2.32. The third-order valence-corrected chi connectivity index (χ3v) is 5.06. The van der Waals surface area contributed by atoms with Crippen LogP contribution in [0.25, 0.3) is 10.9 Å². The molecule has 0 saturated carbocycles. The lowest BCUT2D eigenvalue weighted by molar-refractivity contribution is -0.140. The number of ether oxygens (including phenoxy) is 1. The zero-order valence-corrected chi connectivity index (χ0v) is 13.2. The van der Waals surface area contributed by atoms with E-state index < -0.39 is 0 Å². The second-order valence-corrected chi connectivity index (χ2v) is 6.59. The number of aromatic amines is 1. The van der Waals surface area contributed by atoms with E-state index in [1.54, 1.807) is 0 Å². The highest BCUT2D eigenvalue weighted by atomic mass is 35.5. The van der Waals surface area contributed by atoms with Gasteiger partial charge in [0.2, 0.25) is 5.91 Å². The van der Waals surface area contributed by atoms with Crippen LogP contribution in [0.5, 0.6) is 0 Å². The van der Waals surface area contributed by atoms with Crippen molar-refractivity contribution < 1.29 is 9.53 Å². The standard InChI is InChI=1S/C17H19ClN2O2/c18-12-2-4-16-14(10-12)13-9-11(1-3-15(13)19-16)17(21)20-5-7-22-8-6-20/h2,4,10-11,19H,1,3,5-9H2. The second kappa shape index (κ2) is 5.60. The third-order valence-electron chi connectivity index (χ3n) is 4.82. The van der Waals surface area contributed by atoms with Crippen molar-refractivity contribution in [3.8, 4) is 0 Å². The smallest absolute Gasteiger partial charge is 0.226 e. The van der Waals surface area contributed by atoms with Crippen LogP contribution in [-0.4, -0.2) is 42.1 Å². The Morgan fingerprint density at radius 2 is 2.14 bits per heavy atom. The van der Waals surface area contributed by atoms with Gasteiger partial charge >= 0.3 is 0 Å². The fraction of sp³-hybridized carbons (Fsp3) is 0.471. The van der Waals surface area contributed by atoms with Gasteiger partial charge in [0.05, 0.1) is 13.2 Å². The van der Waals surface area contributed by atoms with Gasteiger partial charge in [0.1, 0.15) is 0 Å². The van der Waals surface area contributed by atoms with Gasteiger partial charge in [0.15, 0.2) is 0 Å². The first-order chi connectivity index (χ1) is 10.7. The van der Waals surface area contributed by atoms with Gasteiger partial charge in [-0.2, -0.15) is 0 Å². The summed E-state index contributed by atoms with van der Waals surface area (Å²) in [7, 11) is 0. The Bertz CT molecular complexity index is 719. The summed E-state index contributed by atoms with van der Waals surface area (Å²) in [4.78, 5) is 18.2. The van der Waals surface area contributed by atoms with Crippen LogP contribution >= 0.6 is 11.6 Å². The van der Waals surface area contributed by atoms with E-state index in [1.807, 2.05) is 23.1 Å². The van der Waals surface area contributed by atoms with Crippen molar-refractivity contribution in [3.63, 3.8) is 0 Å². The number of rotatable bonds is 1. The molecule has 1 amide bonds. The zero-order chi connectivity index (χ0) is 15.1. The Kier molecular flexibility index (Phi) is 3.59. The van der Waals surface area contributed by atoms with Gasteiger partial charge in [0, 0.05) is 40.6 Å². The van der Waals surface area contributed by atoms with E-state index >= 15 is 0 Å². The molecule has 1 unspecified atom stereocenters. The highest BCUT2D eigenvalue weighted by Gasteiger charge is 2.30. The summed E-state index contributed by atoms with van der Waals surface area (Å²) < 4.78 is 5.34. The molecular formula is C17H19ClN2O2. The first-order valence-electron chi connectivity index (χ1n) is 7.88. The molecule has 4 rings (SSSR count). The van der Waals surface area contributed by atoms with Crippen LogP contribution in [-0.2, 0) is 22.4 Å². The molecule has 1 aromatic carbocycles. The minimum Gasteiger partial charge on any atom is -0.378 e. The molecule has 22 heavy (non-hydrogen) atoms. The molecule has 0 radical (unpaired) electrons. The average Bonchev–Trinajstić information content (AvgIpc) is 2.92. The van der Waals surface area contributed by atoms with Crippen molar-refractivity contribution in [2.45, 2.75) is 19.3 Å². The molecule has 116 valence electrons. The van der Waals surface area contributed by atoms with E-state index in [4.69, 9.17) is 16.3 Å². The van der Waals surface area contributed by atoms with Gasteiger partial charge in [-0.05, 0) is 43.0 Å². The number of nitrogens with zero attached hydrogens (tertiary/aromatic N) is 1. The Balaban J connectivity index is 1.61. The van der Waals surface area contributed by atoms with Crippen molar-refractivity contribution in [1.82, 2.24) is 9.88 Å². The third kappa shape index (κ3) is 2.40. The molecule has 1 aliphatic heterocycles. The molecule has 2 aliphatic rings. The highest BCUT2D eigenvalue weighted by Crippen LogP contribution is 2.33. The fourth-order valence-electron chi connectivity index (χ4n) is 3.64. The average molecular weight is 319 g/mol. The molecule has 2 heterocycles. The summed E-state index contributed by atoms with van der Waals surface area (Å²) in [5, 5.41) is 1.91. The first kappa shape index (κ1) is 14.1. The van der Waals surface area contributed by atoms with Gasteiger partial charge in [-0.15, -0.1) is 0 Å². The van der Waals surface area contributed by atoms with Crippen LogP contribution in [0.4, 0.5) is 0 Å². The number of carbonyl (C=O) groups is 1. The van der Waals surface area contributed by atoms with E-state index in [-0.39, 0.29) is 11.8 Å². The number of H-pyrrole nitrogens is 1. The Morgan fingerprint density at radius 1 is 1.32 bits per heavy atom. The molecule has 1 aromatic heterocycles. The van der Waals surface area contributed by atoms with Crippen molar-refractivity contribution in [2.24, 2.45) is 5.92 Å². The Labute approximate surface area is 134 Å². The van der Waals surface area contributed by atoms with Crippen molar-refractivity contribution >= 4 is 28.4 Å². The lowest BCUT2D eigenvalue weighted by atomic mass is 9.85. The summed E-state index contributed by atoms with van der Waals surface area (Å²) in [6.07, 6.45) is 2.66. The number of aryl methyl sites for hydroxylation is 1. The van der Waals surface area contributed by atoms with Gasteiger partial charge in [-0.25, -0.2) is 0 Å². The minimum atomic E-state index is 0.0866. The number of hydrogen-bond donors (Lipinski definition) is 1. The number of nitrogens with one attached hydrogen (secondary N) is 1. The molecule has 2 aromatic rings. The van der Waals surface area contributed by atoms with Crippen LogP contribution in [0.3, 0.4) is 0 Å². The molecule has 0 spiro atoms. The molecule has 1 atom stereocenters. The number of halogens is 1. The molecule has 1 saturated heterocycles. The molecule has 1 N–H and O–H groups in total. The van der Waals surface area contributed by atoms with E-state index in [1.165, 1.54) is 16.6 Å². The van der Waals surface area contributed by atoms with Crippen LogP contribution in [0.2, 0.25) is 5.02 Å². The van der Waals surface area contributed by atoms with E-state index in [9.17, 15) is 4.79 Å². The van der Waals surface area contributed by atoms with Crippen LogP contribution < -0.4 is 0 Å². The quantitative estimate of drug-likeness (QED) is 0.879. The lowest BCUT2D eigenvalue weighted by Crippen LogP contribution is -2.44. The van der Waals surface area contributed by atoms with E-state index in [0.29, 0.717) is 13.2 Å². The number of hydrogen-bond acceptors (Lipinski definition) is 2. The molecule has 1 fully saturated rings. The number of aromatic nitrogens is 1. The maximum Gasteiger partial charge on any atom is 0.226 e. The normalized spacial score (nSPS) is 21.9. The van der Waals surface area contributed by atoms with Crippen molar-refractivity contribution in [1.29, 1.82) is 0 Å². The van der Waals surface area contributed by atoms with Gasteiger partial charge in [0.25, 0.3) is 0 Å². The summed E-state index contributed by atoms with van der Waals surface area (Å²) >= 11 is 6.14. The predicted octanol–water partition coefficient (Wildman–Crippen LogP) is 2.79. The monoisotopic (exact) mass is 318 g/mol. The number of fused-ring (bicyclic) bond motifs is 3. The Morgan fingerprint density at radius 3 is 2.95 bits per heavy atom. The summed E-state index contributed by atoms with van der Waals surface area (Å²) in [6, 6.07) is 5.94. The maximum atomic E-state index is 12.7. The van der Waals surface area contributed by atoms with Gasteiger partial charge in [-0.1, -0.05) is 11.6 Å². The maximum absolute atomic E-state index is 12.7. The SMILES string of the molecule is O=C(C1CCc2[nH]c3ccc(Cl)cc3c2C1)N1CCOCC1. The minimum absolute atomic E-state index is 0.0866. The molecular weight excluding hydrogens is 300 g/mol. The van der Waals surface area contributed by atoms with Gasteiger partial charge in [-0.3, -0.25) is 4.79 Å². The number of benzene rings is 1. The zero-order valence-electron chi connectivity index (χ0n) is 12.4. The Hall–Kier alpha value is -1.52. The largest absolute Gasteiger partial charge is 0.378 e. The van der Waals surface area contributed by atoms with Crippen molar-refractivity contribution in [2.75, 3.05) is 26.3 Å². The molecule has 1 aliphatic carbocycles. The topological polar surface area (TPSA) is 45.3 Å². The fourth-order valence-corrected chi connectivity index (χ4v) is 3.81. The first-order valence-corrected chi connectivity index (χ1v) is 8.25. The number of carbonyl (C=O) groups excluding carboxylic acids is 1. The van der Waals surface area contributed by atoms with Gasteiger partial charge < -0.3 is 14.6 Å². The molecule has 5 heteroatoms.